The van der Waals surface area contributed by atoms with E-state index >= 15 is 0 Å². The van der Waals surface area contributed by atoms with Crippen molar-refractivity contribution in [2.45, 2.75) is 25.8 Å². The lowest BCUT2D eigenvalue weighted by Crippen LogP contribution is -2.26. The molecule has 6 heteroatoms. The number of benzene rings is 2. The molecule has 1 aliphatic rings. The van der Waals surface area contributed by atoms with E-state index in [9.17, 15) is 13.2 Å². The molecule has 0 spiro atoms. The van der Waals surface area contributed by atoms with Crippen molar-refractivity contribution in [3.8, 4) is 0 Å². The van der Waals surface area contributed by atoms with Crippen molar-refractivity contribution in [3.05, 3.63) is 65.2 Å². The van der Waals surface area contributed by atoms with Crippen molar-refractivity contribution in [2.24, 2.45) is 0 Å². The molecule has 0 aliphatic carbocycles. The Hall–Kier alpha value is -2.18. The molecule has 5 nitrogen and oxygen atoms in total. The van der Waals surface area contributed by atoms with Crippen molar-refractivity contribution in [2.75, 3.05) is 11.1 Å². The van der Waals surface area contributed by atoms with Crippen LogP contribution >= 0.6 is 0 Å². The summed E-state index contributed by atoms with van der Waals surface area (Å²) < 4.78 is 26.8. The molecule has 24 heavy (non-hydrogen) atoms. The summed E-state index contributed by atoms with van der Waals surface area (Å²) in [6, 6.07) is 15.4. The van der Waals surface area contributed by atoms with Crippen LogP contribution in [0.25, 0.3) is 0 Å². The second kappa shape index (κ2) is 7.15. The average molecular weight is 344 g/mol. The van der Waals surface area contributed by atoms with Gasteiger partial charge in [0, 0.05) is 12.2 Å². The molecule has 2 N–H and O–H groups in total. The van der Waals surface area contributed by atoms with Gasteiger partial charge in [-0.3, -0.25) is 4.79 Å². The molecule has 0 aromatic heterocycles. The molecule has 1 amide bonds. The zero-order valence-electron chi connectivity index (χ0n) is 13.3. The monoisotopic (exact) mass is 344 g/mol. The highest BCUT2D eigenvalue weighted by molar-refractivity contribution is 7.89. The van der Waals surface area contributed by atoms with E-state index in [4.69, 9.17) is 0 Å². The van der Waals surface area contributed by atoms with Crippen LogP contribution in [0.1, 0.15) is 23.1 Å². The lowest BCUT2D eigenvalue weighted by molar-refractivity contribution is -0.115. The molecular formula is C18H20N2O3S. The maximum absolute atomic E-state index is 12.1. The molecule has 0 bridgehead atoms. The quantitative estimate of drug-likeness (QED) is 0.809. The van der Waals surface area contributed by atoms with Gasteiger partial charge in [0.15, 0.2) is 0 Å². The van der Waals surface area contributed by atoms with E-state index in [1.54, 1.807) is 0 Å². The highest BCUT2D eigenvalue weighted by atomic mass is 32.2. The molecule has 126 valence electrons. The van der Waals surface area contributed by atoms with Crippen LogP contribution < -0.4 is 10.0 Å². The van der Waals surface area contributed by atoms with Crippen LogP contribution in [0.4, 0.5) is 5.69 Å². The number of fused-ring (bicyclic) bond motifs is 1. The number of carbonyl (C=O) groups is 1. The fraction of sp³-hybridized carbons (Fsp3) is 0.278. The van der Waals surface area contributed by atoms with Gasteiger partial charge in [-0.1, -0.05) is 42.5 Å². The number of amides is 1. The number of anilines is 1. The van der Waals surface area contributed by atoms with Crippen LogP contribution in [0.3, 0.4) is 0 Å². The molecule has 2 aromatic rings. The number of hydrogen-bond acceptors (Lipinski definition) is 3. The van der Waals surface area contributed by atoms with Crippen molar-refractivity contribution in [3.63, 3.8) is 0 Å². The number of carbonyl (C=O) groups excluding carboxylic acids is 1. The Morgan fingerprint density at radius 2 is 1.83 bits per heavy atom. The van der Waals surface area contributed by atoms with Crippen LogP contribution in [0.2, 0.25) is 0 Å². The second-order valence-corrected chi connectivity index (χ2v) is 7.87. The zero-order valence-corrected chi connectivity index (χ0v) is 14.1. The molecule has 2 aromatic carbocycles. The van der Waals surface area contributed by atoms with Gasteiger partial charge in [-0.05, 0) is 35.6 Å². The Morgan fingerprint density at radius 3 is 2.62 bits per heavy atom. The minimum atomic E-state index is -3.31. The highest BCUT2D eigenvalue weighted by Crippen LogP contribution is 2.23. The zero-order chi connectivity index (χ0) is 17.0. The van der Waals surface area contributed by atoms with E-state index in [0.29, 0.717) is 12.8 Å². The maximum Gasteiger partial charge on any atom is 0.228 e. The van der Waals surface area contributed by atoms with Gasteiger partial charge in [0.05, 0.1) is 12.2 Å². The van der Waals surface area contributed by atoms with Crippen LogP contribution in [0.15, 0.2) is 48.5 Å². The Bertz CT molecular complexity index is 833. The third kappa shape index (κ3) is 4.43. The lowest BCUT2D eigenvalue weighted by atomic mass is 10.1. The SMILES string of the molecule is O=C1Cc2cc(CNS(=O)(=O)CCCc3ccccc3)ccc2N1. The molecule has 0 radical (unpaired) electrons. The standard InChI is InChI=1S/C18H20N2O3S/c21-18-12-16-11-15(8-9-17(16)20-18)13-19-24(22,23)10-4-7-14-5-2-1-3-6-14/h1-3,5-6,8-9,11,19H,4,7,10,12-13H2,(H,20,21). The summed E-state index contributed by atoms with van der Waals surface area (Å²) in [7, 11) is -3.31. The largest absolute Gasteiger partial charge is 0.326 e. The molecule has 1 aliphatic heterocycles. The number of aryl methyl sites for hydroxylation is 1. The third-order valence-electron chi connectivity index (χ3n) is 4.01. The first kappa shape index (κ1) is 16.7. The Balaban J connectivity index is 1.50. The summed E-state index contributed by atoms with van der Waals surface area (Å²) in [5, 5.41) is 2.76. The van der Waals surface area contributed by atoms with Crippen molar-refractivity contribution in [1.29, 1.82) is 0 Å². The minimum absolute atomic E-state index is 0.0244. The van der Waals surface area contributed by atoms with Gasteiger partial charge in [0.1, 0.15) is 0 Å². The second-order valence-electron chi connectivity index (χ2n) is 5.95. The van der Waals surface area contributed by atoms with Gasteiger partial charge in [-0.15, -0.1) is 0 Å². The lowest BCUT2D eigenvalue weighted by Gasteiger charge is -2.08. The van der Waals surface area contributed by atoms with Crippen LogP contribution in [-0.4, -0.2) is 20.1 Å². The number of sulfonamides is 1. The first-order valence-electron chi connectivity index (χ1n) is 7.95. The summed E-state index contributed by atoms with van der Waals surface area (Å²) in [4.78, 5) is 11.3. The molecule has 0 saturated carbocycles. The van der Waals surface area contributed by atoms with Gasteiger partial charge < -0.3 is 5.32 Å². The fourth-order valence-electron chi connectivity index (χ4n) is 2.77. The topological polar surface area (TPSA) is 75.3 Å². The van der Waals surface area contributed by atoms with E-state index in [1.807, 2.05) is 48.5 Å². The van der Waals surface area contributed by atoms with Gasteiger partial charge in [0.2, 0.25) is 15.9 Å². The molecule has 3 rings (SSSR count). The Labute approximate surface area is 142 Å². The van der Waals surface area contributed by atoms with Crippen LogP contribution in [0, 0.1) is 0 Å². The number of nitrogens with one attached hydrogen (secondary N) is 2. The van der Waals surface area contributed by atoms with Gasteiger partial charge in [0.25, 0.3) is 0 Å². The highest BCUT2D eigenvalue weighted by Gasteiger charge is 2.18. The van der Waals surface area contributed by atoms with E-state index in [-0.39, 0.29) is 18.2 Å². The Kier molecular flexibility index (Phi) is 4.97. The maximum atomic E-state index is 12.1. The normalized spacial score (nSPS) is 13.6. The fourth-order valence-corrected chi connectivity index (χ4v) is 3.82. The summed E-state index contributed by atoms with van der Waals surface area (Å²) >= 11 is 0. The van der Waals surface area contributed by atoms with Gasteiger partial charge in [-0.25, -0.2) is 13.1 Å². The van der Waals surface area contributed by atoms with E-state index in [1.165, 1.54) is 0 Å². The van der Waals surface area contributed by atoms with Crippen molar-refractivity contribution >= 4 is 21.6 Å². The van der Waals surface area contributed by atoms with E-state index < -0.39 is 10.0 Å². The van der Waals surface area contributed by atoms with Crippen molar-refractivity contribution < 1.29 is 13.2 Å². The number of rotatable bonds is 7. The molecule has 0 unspecified atom stereocenters. The van der Waals surface area contributed by atoms with E-state index in [0.717, 1.165) is 28.8 Å². The van der Waals surface area contributed by atoms with Crippen LogP contribution in [-0.2, 0) is 34.2 Å². The summed E-state index contributed by atoms with van der Waals surface area (Å²) in [5.74, 6) is 0.0796. The first-order chi connectivity index (χ1) is 11.5. The molecule has 0 atom stereocenters. The number of hydrogen-bond donors (Lipinski definition) is 2. The summed E-state index contributed by atoms with van der Waals surface area (Å²) in [6.07, 6.45) is 1.68. The Morgan fingerprint density at radius 1 is 1.04 bits per heavy atom. The van der Waals surface area contributed by atoms with Gasteiger partial charge >= 0.3 is 0 Å². The van der Waals surface area contributed by atoms with Gasteiger partial charge in [-0.2, -0.15) is 0 Å². The summed E-state index contributed by atoms with van der Waals surface area (Å²) in [5.41, 5.74) is 3.73. The molecule has 1 heterocycles. The third-order valence-corrected chi connectivity index (χ3v) is 5.42. The predicted octanol–water partition coefficient (Wildman–Crippen LogP) is 2.23. The molecular weight excluding hydrogens is 324 g/mol. The average Bonchev–Trinajstić information content (AvgIpc) is 2.93. The molecule has 0 fully saturated rings. The summed E-state index contributed by atoms with van der Waals surface area (Å²) in [6.45, 7) is 0.245. The molecule has 0 saturated heterocycles. The predicted molar refractivity (Wildman–Crippen MR) is 94.2 cm³/mol. The van der Waals surface area contributed by atoms with Crippen LogP contribution in [0.5, 0.6) is 0 Å². The first-order valence-corrected chi connectivity index (χ1v) is 9.60. The minimum Gasteiger partial charge on any atom is -0.326 e. The smallest absolute Gasteiger partial charge is 0.228 e. The van der Waals surface area contributed by atoms with E-state index in [2.05, 4.69) is 10.0 Å². The van der Waals surface area contributed by atoms with Crippen molar-refractivity contribution in [1.82, 2.24) is 4.72 Å².